The lowest BCUT2D eigenvalue weighted by Gasteiger charge is -2.06. The van der Waals surface area contributed by atoms with Crippen LogP contribution in [0.4, 0.5) is 11.5 Å². The summed E-state index contributed by atoms with van der Waals surface area (Å²) in [4.78, 5) is 12.0. The van der Waals surface area contributed by atoms with Crippen molar-refractivity contribution < 1.29 is 0 Å². The molecule has 74 valence electrons. The first-order valence-corrected chi connectivity index (χ1v) is 4.36. The summed E-state index contributed by atoms with van der Waals surface area (Å²) in [5, 5.41) is 0. The van der Waals surface area contributed by atoms with E-state index in [1.54, 1.807) is 18.3 Å². The smallest absolute Gasteiger partial charge is 0.123 e. The Kier molecular flexibility index (Phi) is 2.99. The van der Waals surface area contributed by atoms with E-state index in [-0.39, 0.29) is 5.54 Å². The number of nitrogens with two attached hydrogens (primary N) is 1. The summed E-state index contributed by atoms with van der Waals surface area (Å²) in [6.45, 7) is 5.95. The summed E-state index contributed by atoms with van der Waals surface area (Å²) < 4.78 is 0. The molecule has 1 aromatic heterocycles. The van der Waals surface area contributed by atoms with Crippen LogP contribution >= 0.6 is 0 Å². The van der Waals surface area contributed by atoms with Crippen LogP contribution in [0.25, 0.3) is 0 Å². The second-order valence-electron chi connectivity index (χ2n) is 3.94. The summed E-state index contributed by atoms with van der Waals surface area (Å²) >= 11 is 0. The summed E-state index contributed by atoms with van der Waals surface area (Å²) in [6, 6.07) is 6.09. The highest BCUT2D eigenvalue weighted by Crippen LogP contribution is 2.10. The molecule has 1 heterocycles. The van der Waals surface area contributed by atoms with Gasteiger partial charge < -0.3 is 5.73 Å². The third kappa shape index (κ3) is 3.83. The number of hydrogen-bond donors (Lipinski definition) is 1. The number of anilines is 1. The third-order valence-electron chi connectivity index (χ3n) is 1.34. The maximum atomic E-state index is 5.43. The molecular weight excluding hydrogens is 176 g/mol. The van der Waals surface area contributed by atoms with Gasteiger partial charge in [-0.1, -0.05) is 0 Å². The molecule has 4 heteroatoms. The molecule has 14 heavy (non-hydrogen) atoms. The zero-order chi connectivity index (χ0) is 10.6. The van der Waals surface area contributed by atoms with E-state index in [1.165, 1.54) is 0 Å². The normalized spacial score (nSPS) is 10.5. The fourth-order valence-corrected chi connectivity index (χ4v) is 0.696. The lowest BCUT2D eigenvalue weighted by molar-refractivity contribution is 0.587. The molecule has 0 spiro atoms. The maximum absolute atomic E-state index is 5.43. The average Bonchev–Trinajstić information content (AvgIpc) is 2.06. The second kappa shape index (κ2) is 4.03. The summed E-state index contributed by atoms with van der Waals surface area (Å²) in [7, 11) is 0. The Morgan fingerprint density at radius 1 is 1.36 bits per heavy atom. The zero-order valence-electron chi connectivity index (χ0n) is 8.65. The van der Waals surface area contributed by atoms with Gasteiger partial charge in [-0.2, -0.15) is 4.99 Å². The minimum Gasteiger partial charge on any atom is -0.384 e. The van der Waals surface area contributed by atoms with Crippen molar-refractivity contribution in [2.75, 3.05) is 5.73 Å². The van der Waals surface area contributed by atoms with Gasteiger partial charge in [0.2, 0.25) is 0 Å². The van der Waals surface area contributed by atoms with Crippen molar-refractivity contribution >= 4 is 17.5 Å². The molecule has 0 aliphatic rings. The molecule has 0 bridgehead atoms. The number of nitrogen functional groups attached to an aromatic ring is 1. The number of nitrogens with zero attached hydrogens (tertiary/aromatic N) is 3. The predicted molar refractivity (Wildman–Crippen MR) is 57.9 cm³/mol. The number of aromatic nitrogens is 1. The molecule has 4 nitrogen and oxygen atoms in total. The van der Waals surface area contributed by atoms with Gasteiger partial charge in [-0.3, -0.25) is 0 Å². The fourth-order valence-electron chi connectivity index (χ4n) is 0.696. The largest absolute Gasteiger partial charge is 0.384 e. The molecule has 0 saturated carbocycles. The van der Waals surface area contributed by atoms with Gasteiger partial charge in [0.25, 0.3) is 0 Å². The third-order valence-corrected chi connectivity index (χ3v) is 1.34. The SMILES string of the molecule is CC(C)(C)N=C=Nc1ccc(N)nc1. The molecule has 0 aromatic carbocycles. The van der Waals surface area contributed by atoms with Crippen LogP contribution in [0.15, 0.2) is 28.3 Å². The van der Waals surface area contributed by atoms with Gasteiger partial charge in [-0.15, -0.1) is 0 Å². The Balaban J connectivity index is 2.79. The Labute approximate surface area is 83.6 Å². The number of aliphatic imine (C=N–C) groups is 2. The van der Waals surface area contributed by atoms with E-state index in [4.69, 9.17) is 5.73 Å². The van der Waals surface area contributed by atoms with Gasteiger partial charge in [0.15, 0.2) is 0 Å². The molecule has 0 aliphatic carbocycles. The average molecular weight is 190 g/mol. The maximum Gasteiger partial charge on any atom is 0.123 e. The quantitative estimate of drug-likeness (QED) is 0.690. The van der Waals surface area contributed by atoms with Crippen LogP contribution < -0.4 is 5.73 Å². The Morgan fingerprint density at radius 2 is 2.07 bits per heavy atom. The Bertz CT molecular complexity index is 353. The second-order valence-corrected chi connectivity index (χ2v) is 3.94. The molecule has 0 amide bonds. The van der Waals surface area contributed by atoms with Crippen LogP contribution in [0.5, 0.6) is 0 Å². The van der Waals surface area contributed by atoms with E-state index < -0.39 is 0 Å². The van der Waals surface area contributed by atoms with Crippen molar-refractivity contribution in [3.05, 3.63) is 18.3 Å². The Hall–Kier alpha value is -1.67. The molecule has 0 saturated heterocycles. The highest BCUT2D eigenvalue weighted by atomic mass is 14.9. The molecule has 1 aromatic rings. The van der Waals surface area contributed by atoms with Gasteiger partial charge in [-0.05, 0) is 32.9 Å². The van der Waals surface area contributed by atoms with Gasteiger partial charge >= 0.3 is 0 Å². The summed E-state index contributed by atoms with van der Waals surface area (Å²) in [5.74, 6) is 0.483. The zero-order valence-corrected chi connectivity index (χ0v) is 8.65. The van der Waals surface area contributed by atoms with E-state index >= 15 is 0 Å². The van der Waals surface area contributed by atoms with Gasteiger partial charge in [0.05, 0.1) is 23.4 Å². The topological polar surface area (TPSA) is 63.6 Å². The standard InChI is InChI=1S/C10H14N4/c1-10(2,3)14-7-13-8-4-5-9(11)12-6-8/h4-6H,1-3H3,(H2,11,12). The van der Waals surface area contributed by atoms with E-state index in [0.29, 0.717) is 11.5 Å². The minimum absolute atomic E-state index is 0.148. The van der Waals surface area contributed by atoms with E-state index in [0.717, 1.165) is 0 Å². The number of pyridine rings is 1. The molecule has 0 radical (unpaired) electrons. The van der Waals surface area contributed by atoms with Gasteiger partial charge in [-0.25, -0.2) is 9.98 Å². The molecule has 1 rings (SSSR count). The van der Waals surface area contributed by atoms with Crippen LogP contribution in [0, 0.1) is 0 Å². The molecule has 0 aliphatic heterocycles. The first kappa shape index (κ1) is 10.4. The van der Waals surface area contributed by atoms with E-state index in [2.05, 4.69) is 21.0 Å². The summed E-state index contributed by atoms with van der Waals surface area (Å²) in [6.07, 6.45) is 1.58. The van der Waals surface area contributed by atoms with Crippen molar-refractivity contribution in [2.45, 2.75) is 26.3 Å². The lowest BCUT2D eigenvalue weighted by Crippen LogP contribution is -2.07. The van der Waals surface area contributed by atoms with Crippen LogP contribution in [-0.2, 0) is 0 Å². The predicted octanol–water partition coefficient (Wildman–Crippen LogP) is 2.27. The monoisotopic (exact) mass is 190 g/mol. The van der Waals surface area contributed by atoms with E-state index in [1.807, 2.05) is 20.8 Å². The fraction of sp³-hybridized carbons (Fsp3) is 0.400. The molecule has 0 unspecified atom stereocenters. The highest BCUT2D eigenvalue weighted by molar-refractivity contribution is 5.53. The van der Waals surface area contributed by atoms with Gasteiger partial charge in [0, 0.05) is 0 Å². The highest BCUT2D eigenvalue weighted by Gasteiger charge is 2.04. The molecule has 0 atom stereocenters. The van der Waals surface area contributed by atoms with Crippen LogP contribution in [0.2, 0.25) is 0 Å². The van der Waals surface area contributed by atoms with Crippen molar-refractivity contribution in [2.24, 2.45) is 9.98 Å². The van der Waals surface area contributed by atoms with Crippen molar-refractivity contribution in [3.63, 3.8) is 0 Å². The van der Waals surface area contributed by atoms with Gasteiger partial charge in [0.1, 0.15) is 5.82 Å². The first-order valence-electron chi connectivity index (χ1n) is 4.36. The number of rotatable bonds is 1. The first-order chi connectivity index (χ1) is 6.47. The molecule has 2 N–H and O–H groups in total. The van der Waals surface area contributed by atoms with E-state index in [9.17, 15) is 0 Å². The summed E-state index contributed by atoms with van der Waals surface area (Å²) in [5.41, 5.74) is 5.98. The van der Waals surface area contributed by atoms with Crippen LogP contribution in [0.1, 0.15) is 20.8 Å². The minimum atomic E-state index is -0.148. The number of hydrogen-bond acceptors (Lipinski definition) is 4. The molecular formula is C10H14N4. The van der Waals surface area contributed by atoms with Crippen molar-refractivity contribution in [1.29, 1.82) is 0 Å². The van der Waals surface area contributed by atoms with Crippen LogP contribution in [-0.4, -0.2) is 16.5 Å². The molecule has 0 fully saturated rings. The van der Waals surface area contributed by atoms with Crippen molar-refractivity contribution in [1.82, 2.24) is 4.98 Å². The van der Waals surface area contributed by atoms with Crippen LogP contribution in [0.3, 0.4) is 0 Å². The Morgan fingerprint density at radius 3 is 2.57 bits per heavy atom. The van der Waals surface area contributed by atoms with Crippen molar-refractivity contribution in [3.8, 4) is 0 Å². The lowest BCUT2D eigenvalue weighted by atomic mass is 10.1.